The van der Waals surface area contributed by atoms with Crippen molar-refractivity contribution >= 4 is 33.2 Å². The van der Waals surface area contributed by atoms with Crippen molar-refractivity contribution in [2.45, 2.75) is 30.1 Å². The van der Waals surface area contributed by atoms with Gasteiger partial charge in [-0.15, -0.1) is 0 Å². The van der Waals surface area contributed by atoms with Crippen LogP contribution in [0.5, 0.6) is 5.75 Å². The molecule has 0 aliphatic carbocycles. The maximum Gasteiger partial charge on any atom is 0.244 e. The van der Waals surface area contributed by atoms with Crippen LogP contribution in [0.2, 0.25) is 5.02 Å². The van der Waals surface area contributed by atoms with Crippen molar-refractivity contribution in [2.24, 2.45) is 0 Å². The Hall–Kier alpha value is -2.09. The van der Waals surface area contributed by atoms with E-state index in [2.05, 4.69) is 5.32 Å². The molecule has 1 saturated heterocycles. The molecular formula is C20H21ClN2O4S. The number of carbonyl (C=O) groups excluding carboxylic acids is 1. The number of hydrogen-bond acceptors (Lipinski definition) is 4. The first-order valence-corrected chi connectivity index (χ1v) is 11.1. The Labute approximate surface area is 169 Å². The van der Waals surface area contributed by atoms with Crippen LogP contribution in [-0.4, -0.2) is 38.3 Å². The topological polar surface area (TPSA) is 75.7 Å². The van der Waals surface area contributed by atoms with Crippen LogP contribution in [0.3, 0.4) is 0 Å². The first-order chi connectivity index (χ1) is 13.5. The highest BCUT2D eigenvalue weighted by molar-refractivity contribution is 7.89. The molecule has 2 aromatic carbocycles. The minimum atomic E-state index is -3.67. The molecule has 2 aliphatic heterocycles. The predicted octanol–water partition coefficient (Wildman–Crippen LogP) is 3.63. The normalized spacial score (nSPS) is 19.7. The zero-order valence-corrected chi connectivity index (χ0v) is 16.8. The monoisotopic (exact) mass is 420 g/mol. The van der Waals surface area contributed by atoms with Gasteiger partial charge in [-0.2, -0.15) is 4.31 Å². The van der Waals surface area contributed by atoms with Gasteiger partial charge in [0.15, 0.2) is 0 Å². The standard InChI is InChI=1S/C20H21ClN2O4S/c21-17-8-7-14(13-19(17)28(25,26)23-10-3-4-11-23)22-20(24)16-9-12-27-18-6-2-1-5-15(16)18/h1-2,5-8,13,16H,3-4,9-12H2,(H,22,24). The molecule has 0 radical (unpaired) electrons. The number of nitrogens with one attached hydrogen (secondary N) is 1. The number of hydrogen-bond donors (Lipinski definition) is 1. The zero-order valence-electron chi connectivity index (χ0n) is 15.2. The van der Waals surface area contributed by atoms with Crippen molar-refractivity contribution in [3.63, 3.8) is 0 Å². The average molecular weight is 421 g/mol. The number of amides is 1. The lowest BCUT2D eigenvalue weighted by Crippen LogP contribution is -2.28. The van der Waals surface area contributed by atoms with Gasteiger partial charge >= 0.3 is 0 Å². The fourth-order valence-corrected chi connectivity index (χ4v) is 5.71. The van der Waals surface area contributed by atoms with Gasteiger partial charge in [-0.3, -0.25) is 4.79 Å². The Balaban J connectivity index is 1.59. The number of fused-ring (bicyclic) bond motifs is 1. The minimum absolute atomic E-state index is 0.0289. The molecule has 0 saturated carbocycles. The predicted molar refractivity (Wildman–Crippen MR) is 107 cm³/mol. The Morgan fingerprint density at radius 2 is 1.89 bits per heavy atom. The van der Waals surface area contributed by atoms with Crippen LogP contribution in [0.1, 0.15) is 30.7 Å². The molecule has 148 valence electrons. The largest absolute Gasteiger partial charge is 0.493 e. The minimum Gasteiger partial charge on any atom is -0.493 e. The highest BCUT2D eigenvalue weighted by Gasteiger charge is 2.31. The third-order valence-electron chi connectivity index (χ3n) is 5.16. The van der Waals surface area contributed by atoms with Gasteiger partial charge in [0.1, 0.15) is 10.6 Å². The SMILES string of the molecule is O=C(Nc1ccc(Cl)c(S(=O)(=O)N2CCCC2)c1)C1CCOc2ccccc21. The van der Waals surface area contributed by atoms with Crippen molar-refractivity contribution in [3.05, 3.63) is 53.1 Å². The van der Waals surface area contributed by atoms with Gasteiger partial charge in [0, 0.05) is 24.3 Å². The van der Waals surface area contributed by atoms with E-state index in [1.165, 1.54) is 16.4 Å². The average Bonchev–Trinajstić information content (AvgIpc) is 3.24. The molecule has 28 heavy (non-hydrogen) atoms. The second kappa shape index (κ2) is 7.73. The molecule has 0 spiro atoms. The number of para-hydroxylation sites is 1. The number of carbonyl (C=O) groups is 1. The molecule has 6 nitrogen and oxygen atoms in total. The van der Waals surface area contributed by atoms with Crippen LogP contribution in [0.4, 0.5) is 5.69 Å². The van der Waals surface area contributed by atoms with E-state index in [0.29, 0.717) is 37.6 Å². The first-order valence-electron chi connectivity index (χ1n) is 9.29. The Kier molecular flexibility index (Phi) is 5.31. The smallest absolute Gasteiger partial charge is 0.244 e. The van der Waals surface area contributed by atoms with Gasteiger partial charge < -0.3 is 10.1 Å². The lowest BCUT2D eigenvalue weighted by molar-refractivity contribution is -0.118. The van der Waals surface area contributed by atoms with E-state index in [9.17, 15) is 13.2 Å². The van der Waals surface area contributed by atoms with Crippen LogP contribution < -0.4 is 10.1 Å². The van der Waals surface area contributed by atoms with Crippen molar-refractivity contribution in [3.8, 4) is 5.75 Å². The van der Waals surface area contributed by atoms with E-state index in [4.69, 9.17) is 16.3 Å². The Morgan fingerprint density at radius 3 is 2.68 bits per heavy atom. The Morgan fingerprint density at radius 1 is 1.14 bits per heavy atom. The molecule has 8 heteroatoms. The van der Waals surface area contributed by atoms with Crippen molar-refractivity contribution < 1.29 is 17.9 Å². The summed E-state index contributed by atoms with van der Waals surface area (Å²) < 4.78 is 32.8. The maximum atomic E-state index is 12.9. The number of halogens is 1. The molecule has 2 aromatic rings. The van der Waals surface area contributed by atoms with E-state index in [1.807, 2.05) is 24.3 Å². The van der Waals surface area contributed by atoms with E-state index in [-0.39, 0.29) is 21.7 Å². The van der Waals surface area contributed by atoms with Crippen LogP contribution in [0.25, 0.3) is 0 Å². The lowest BCUT2D eigenvalue weighted by atomic mass is 9.92. The summed E-state index contributed by atoms with van der Waals surface area (Å²) in [5.74, 6) is 0.171. The molecule has 1 atom stereocenters. The maximum absolute atomic E-state index is 12.9. The second-order valence-corrected chi connectivity index (χ2v) is 9.29. The quantitative estimate of drug-likeness (QED) is 0.819. The fourth-order valence-electron chi connectivity index (χ4n) is 3.69. The van der Waals surface area contributed by atoms with E-state index in [1.54, 1.807) is 6.07 Å². The van der Waals surface area contributed by atoms with Gasteiger partial charge in [0.25, 0.3) is 0 Å². The van der Waals surface area contributed by atoms with Crippen molar-refractivity contribution in [1.82, 2.24) is 4.31 Å². The Bertz CT molecular complexity index is 1000. The number of rotatable bonds is 4. The van der Waals surface area contributed by atoms with Crippen molar-refractivity contribution in [1.29, 1.82) is 0 Å². The summed E-state index contributed by atoms with van der Waals surface area (Å²) in [6.07, 6.45) is 2.25. The highest BCUT2D eigenvalue weighted by atomic mass is 35.5. The molecule has 1 unspecified atom stereocenters. The number of nitrogens with zero attached hydrogens (tertiary/aromatic N) is 1. The number of ether oxygens (including phenoxy) is 1. The summed E-state index contributed by atoms with van der Waals surface area (Å²) >= 11 is 6.18. The third-order valence-corrected chi connectivity index (χ3v) is 7.54. The lowest BCUT2D eigenvalue weighted by Gasteiger charge is -2.25. The van der Waals surface area contributed by atoms with Crippen LogP contribution >= 0.6 is 11.6 Å². The van der Waals surface area contributed by atoms with E-state index >= 15 is 0 Å². The van der Waals surface area contributed by atoms with Gasteiger partial charge in [0.2, 0.25) is 15.9 Å². The molecule has 2 aliphatic rings. The van der Waals surface area contributed by atoms with Crippen LogP contribution in [-0.2, 0) is 14.8 Å². The molecule has 0 bridgehead atoms. The first kappa shape index (κ1) is 19.2. The van der Waals surface area contributed by atoms with Crippen molar-refractivity contribution in [2.75, 3.05) is 25.0 Å². The van der Waals surface area contributed by atoms with E-state index in [0.717, 1.165) is 18.4 Å². The molecule has 1 amide bonds. The second-order valence-electron chi connectivity index (χ2n) is 6.97. The highest BCUT2D eigenvalue weighted by Crippen LogP contribution is 2.35. The summed E-state index contributed by atoms with van der Waals surface area (Å²) in [6, 6.07) is 12.0. The molecule has 2 heterocycles. The molecular weight excluding hydrogens is 400 g/mol. The zero-order chi connectivity index (χ0) is 19.7. The van der Waals surface area contributed by atoms with Gasteiger partial charge in [-0.1, -0.05) is 29.8 Å². The molecule has 4 rings (SSSR count). The fraction of sp³-hybridized carbons (Fsp3) is 0.350. The summed E-state index contributed by atoms with van der Waals surface area (Å²) in [5.41, 5.74) is 1.25. The summed E-state index contributed by atoms with van der Waals surface area (Å²) in [6.45, 7) is 1.45. The number of sulfonamides is 1. The van der Waals surface area contributed by atoms with Gasteiger partial charge in [-0.25, -0.2) is 8.42 Å². The summed E-state index contributed by atoms with van der Waals surface area (Å²) in [4.78, 5) is 12.9. The van der Waals surface area contributed by atoms with E-state index < -0.39 is 10.0 Å². The van der Waals surface area contributed by atoms with Gasteiger partial charge in [-0.05, 0) is 43.5 Å². The molecule has 1 fully saturated rings. The molecule has 0 aromatic heterocycles. The van der Waals surface area contributed by atoms with Crippen LogP contribution in [0.15, 0.2) is 47.4 Å². The van der Waals surface area contributed by atoms with Gasteiger partial charge in [0.05, 0.1) is 17.5 Å². The molecule has 1 N–H and O–H groups in total. The number of anilines is 1. The summed E-state index contributed by atoms with van der Waals surface area (Å²) in [5, 5.41) is 3.00. The van der Waals surface area contributed by atoms with Crippen LogP contribution in [0, 0.1) is 0 Å². The number of benzene rings is 2. The third kappa shape index (κ3) is 3.62. The summed E-state index contributed by atoms with van der Waals surface area (Å²) in [7, 11) is -3.67.